The summed E-state index contributed by atoms with van der Waals surface area (Å²) in [4.78, 5) is 13.9. The lowest BCUT2D eigenvalue weighted by Gasteiger charge is -2.23. The molecule has 0 amide bonds. The van der Waals surface area contributed by atoms with E-state index in [0.29, 0.717) is 0 Å². The summed E-state index contributed by atoms with van der Waals surface area (Å²) in [7, 11) is 0. The van der Waals surface area contributed by atoms with Crippen molar-refractivity contribution in [1.82, 2.24) is 5.32 Å². The molecule has 0 heterocycles. The van der Waals surface area contributed by atoms with E-state index in [-0.39, 0.29) is 17.2 Å². The van der Waals surface area contributed by atoms with Gasteiger partial charge in [-0.25, -0.2) is 0 Å². The molecule has 3 rings (SSSR count). The molecular formula is C22H21NOS. The Bertz CT molecular complexity index is 790. The number of hydrogen-bond donors (Lipinski definition) is 1. The maximum absolute atomic E-state index is 13.0. The van der Waals surface area contributed by atoms with E-state index in [1.54, 1.807) is 0 Å². The number of nitrogens with one attached hydrogen (secondary N) is 1. The molecule has 0 fully saturated rings. The van der Waals surface area contributed by atoms with E-state index in [1.165, 1.54) is 17.3 Å². The van der Waals surface area contributed by atoms with Gasteiger partial charge in [0, 0.05) is 10.9 Å². The summed E-state index contributed by atoms with van der Waals surface area (Å²) in [6.07, 6.45) is 0. The van der Waals surface area contributed by atoms with Crippen LogP contribution >= 0.6 is 11.8 Å². The Balaban J connectivity index is 1.81. The number of hydrogen-bond acceptors (Lipinski definition) is 3. The van der Waals surface area contributed by atoms with Crippen molar-refractivity contribution < 1.29 is 4.79 Å². The van der Waals surface area contributed by atoms with Gasteiger partial charge in [-0.2, -0.15) is 0 Å². The minimum absolute atomic E-state index is 0.0757. The smallest absolute Gasteiger partial charge is 0.215 e. The van der Waals surface area contributed by atoms with E-state index >= 15 is 0 Å². The molecule has 0 aliphatic carbocycles. The van der Waals surface area contributed by atoms with Gasteiger partial charge in [-0.1, -0.05) is 78.9 Å². The standard InChI is InChI=1S/C22H21NOS/c1-17(18-11-5-2-6-12-18)23-21(19-13-7-3-8-14-19)22(24)25-20-15-9-4-10-16-20/h2-17,21,23H,1H3/t17-,21-/m1/s1. The molecule has 3 heteroatoms. The first kappa shape index (κ1) is 17.5. The molecule has 0 bridgehead atoms. The molecule has 2 nitrogen and oxygen atoms in total. The number of benzene rings is 3. The van der Waals surface area contributed by atoms with Crippen molar-refractivity contribution in [3.05, 3.63) is 102 Å². The van der Waals surface area contributed by atoms with Crippen LogP contribution in [0.25, 0.3) is 0 Å². The third-order valence-electron chi connectivity index (χ3n) is 4.05. The van der Waals surface area contributed by atoms with Gasteiger partial charge < -0.3 is 0 Å². The maximum atomic E-state index is 13.0. The summed E-state index contributed by atoms with van der Waals surface area (Å²) in [6, 6.07) is 29.6. The predicted octanol–water partition coefficient (Wildman–Crippen LogP) is 5.40. The second kappa shape index (κ2) is 8.65. The van der Waals surface area contributed by atoms with Crippen molar-refractivity contribution in [2.24, 2.45) is 0 Å². The van der Waals surface area contributed by atoms with Crippen molar-refractivity contribution in [2.45, 2.75) is 23.9 Å². The van der Waals surface area contributed by atoms with Crippen LogP contribution in [0.1, 0.15) is 30.1 Å². The maximum Gasteiger partial charge on any atom is 0.215 e. The third-order valence-corrected chi connectivity index (χ3v) is 4.99. The largest absolute Gasteiger partial charge is 0.296 e. The fraction of sp³-hybridized carbons (Fsp3) is 0.136. The molecule has 126 valence electrons. The molecule has 0 radical (unpaired) electrons. The van der Waals surface area contributed by atoms with Crippen LogP contribution in [0.2, 0.25) is 0 Å². The van der Waals surface area contributed by atoms with Crippen molar-refractivity contribution in [1.29, 1.82) is 0 Å². The second-order valence-electron chi connectivity index (χ2n) is 5.88. The molecule has 0 spiro atoms. The first-order valence-corrected chi connectivity index (χ1v) is 9.18. The first-order valence-electron chi connectivity index (χ1n) is 8.37. The van der Waals surface area contributed by atoms with E-state index in [4.69, 9.17) is 0 Å². The van der Waals surface area contributed by atoms with Crippen LogP contribution in [0.4, 0.5) is 0 Å². The Morgan fingerprint density at radius 1 is 0.760 bits per heavy atom. The lowest BCUT2D eigenvalue weighted by molar-refractivity contribution is -0.113. The lowest BCUT2D eigenvalue weighted by atomic mass is 10.0. The average Bonchev–Trinajstić information content (AvgIpc) is 2.68. The van der Waals surface area contributed by atoms with E-state index in [2.05, 4.69) is 24.4 Å². The Kier molecular flexibility index (Phi) is 6.04. The lowest BCUT2D eigenvalue weighted by Crippen LogP contribution is -2.29. The highest BCUT2D eigenvalue weighted by molar-refractivity contribution is 8.13. The number of carbonyl (C=O) groups is 1. The molecule has 0 unspecified atom stereocenters. The Morgan fingerprint density at radius 2 is 1.24 bits per heavy atom. The van der Waals surface area contributed by atoms with Crippen molar-refractivity contribution in [3.63, 3.8) is 0 Å². The third kappa shape index (κ3) is 4.81. The molecule has 3 aromatic rings. The summed E-state index contributed by atoms with van der Waals surface area (Å²) in [6.45, 7) is 2.09. The molecule has 0 saturated carbocycles. The second-order valence-corrected chi connectivity index (χ2v) is 6.95. The molecule has 0 saturated heterocycles. The van der Waals surface area contributed by atoms with E-state index in [0.717, 1.165) is 10.5 Å². The summed E-state index contributed by atoms with van der Waals surface area (Å²) in [5, 5.41) is 3.60. The summed E-state index contributed by atoms with van der Waals surface area (Å²) < 4.78 is 0. The van der Waals surface area contributed by atoms with Crippen LogP contribution in [-0.2, 0) is 4.79 Å². The van der Waals surface area contributed by atoms with Gasteiger partial charge in [0.25, 0.3) is 0 Å². The quantitative estimate of drug-likeness (QED) is 0.606. The number of carbonyl (C=O) groups excluding carboxylic acids is 1. The fourth-order valence-corrected chi connectivity index (χ4v) is 3.54. The highest BCUT2D eigenvalue weighted by atomic mass is 32.2. The monoisotopic (exact) mass is 347 g/mol. The van der Waals surface area contributed by atoms with Crippen LogP contribution < -0.4 is 5.32 Å². The number of rotatable bonds is 6. The highest BCUT2D eigenvalue weighted by Crippen LogP contribution is 2.28. The van der Waals surface area contributed by atoms with Gasteiger partial charge >= 0.3 is 0 Å². The van der Waals surface area contributed by atoms with E-state index in [9.17, 15) is 4.79 Å². The van der Waals surface area contributed by atoms with Crippen molar-refractivity contribution >= 4 is 16.9 Å². The molecule has 0 aliphatic heterocycles. The molecule has 0 aliphatic rings. The Hall–Kier alpha value is -2.36. The van der Waals surface area contributed by atoms with E-state index in [1.807, 2.05) is 78.9 Å². The highest BCUT2D eigenvalue weighted by Gasteiger charge is 2.23. The molecule has 2 atom stereocenters. The molecule has 0 aromatic heterocycles. The van der Waals surface area contributed by atoms with Crippen LogP contribution in [0.3, 0.4) is 0 Å². The van der Waals surface area contributed by atoms with E-state index < -0.39 is 0 Å². The van der Waals surface area contributed by atoms with Crippen molar-refractivity contribution in [3.8, 4) is 0 Å². The van der Waals surface area contributed by atoms with Gasteiger partial charge in [0.05, 0.1) is 0 Å². The zero-order valence-corrected chi connectivity index (χ0v) is 14.9. The molecular weight excluding hydrogens is 326 g/mol. The minimum atomic E-state index is -0.360. The van der Waals surface area contributed by atoms with Crippen LogP contribution in [-0.4, -0.2) is 5.12 Å². The summed E-state index contributed by atoms with van der Waals surface area (Å²) in [5.74, 6) is 0. The Labute approximate surface area is 153 Å². The first-order chi connectivity index (χ1) is 12.2. The zero-order chi connectivity index (χ0) is 17.5. The average molecular weight is 347 g/mol. The number of thioether (sulfide) groups is 1. The van der Waals surface area contributed by atoms with Gasteiger partial charge in [0.2, 0.25) is 5.12 Å². The van der Waals surface area contributed by atoms with Crippen molar-refractivity contribution in [2.75, 3.05) is 0 Å². The zero-order valence-electron chi connectivity index (χ0n) is 14.1. The van der Waals surface area contributed by atoms with Gasteiger partial charge in [0.15, 0.2) is 0 Å². The van der Waals surface area contributed by atoms with Crippen LogP contribution in [0.15, 0.2) is 95.9 Å². The van der Waals surface area contributed by atoms with Gasteiger partial charge in [-0.3, -0.25) is 10.1 Å². The topological polar surface area (TPSA) is 29.1 Å². The summed E-state index contributed by atoms with van der Waals surface area (Å²) in [5.41, 5.74) is 2.15. The van der Waals surface area contributed by atoms with Gasteiger partial charge in [0.1, 0.15) is 6.04 Å². The molecule has 1 N–H and O–H groups in total. The van der Waals surface area contributed by atoms with Crippen LogP contribution in [0.5, 0.6) is 0 Å². The van der Waals surface area contributed by atoms with Gasteiger partial charge in [-0.15, -0.1) is 0 Å². The van der Waals surface area contributed by atoms with Crippen LogP contribution in [0, 0.1) is 0 Å². The minimum Gasteiger partial charge on any atom is -0.296 e. The normalized spacial score (nSPS) is 13.2. The SMILES string of the molecule is C[C@@H](N[C@@H](C(=O)Sc1ccccc1)c1ccccc1)c1ccccc1. The predicted molar refractivity (Wildman–Crippen MR) is 104 cm³/mol. The molecule has 3 aromatic carbocycles. The Morgan fingerprint density at radius 3 is 1.80 bits per heavy atom. The molecule has 25 heavy (non-hydrogen) atoms. The fourth-order valence-electron chi connectivity index (χ4n) is 2.70. The summed E-state index contributed by atoms with van der Waals surface area (Å²) >= 11 is 1.28. The van der Waals surface area contributed by atoms with Gasteiger partial charge in [-0.05, 0) is 41.9 Å².